The van der Waals surface area contributed by atoms with Crippen molar-refractivity contribution in [2.75, 3.05) is 46.4 Å². The normalized spacial score (nSPS) is 13.4. The number of anilines is 1. The minimum absolute atomic E-state index is 0.0302. The third-order valence-electron chi connectivity index (χ3n) is 5.29. The van der Waals surface area contributed by atoms with Crippen LogP contribution in [-0.2, 0) is 9.59 Å². The van der Waals surface area contributed by atoms with Crippen LogP contribution in [0.25, 0.3) is 0 Å². The first kappa shape index (κ1) is 24.0. The van der Waals surface area contributed by atoms with E-state index in [-0.39, 0.29) is 25.2 Å². The van der Waals surface area contributed by atoms with Crippen molar-refractivity contribution < 1.29 is 38.4 Å². The summed E-state index contributed by atoms with van der Waals surface area (Å²) in [6.07, 6.45) is 0.624. The lowest BCUT2D eigenvalue weighted by molar-refractivity contribution is -0.137. The van der Waals surface area contributed by atoms with Gasteiger partial charge in [-0.15, -0.1) is 0 Å². The monoisotopic (exact) mass is 459 g/mol. The maximum atomic E-state index is 12.8. The lowest BCUT2D eigenvalue weighted by Crippen LogP contribution is -2.18. The summed E-state index contributed by atoms with van der Waals surface area (Å²) in [6, 6.07) is 8.77. The first-order valence-electron chi connectivity index (χ1n) is 10.6. The standard InChI is InChI=1S/C24H29NO8/c1-29-21-10-16(11-22(30-2)24(21)31-3)15(12-23(27)28)9-18(26)14-25-17-5-6-19-20(13-17)33-8-4-7-32-19/h5-6,10-11,13,15,25H,4,7-9,12,14H2,1-3H3,(H,27,28)/t15-/m0/s1. The van der Waals surface area contributed by atoms with Crippen LogP contribution in [0, 0.1) is 0 Å². The van der Waals surface area contributed by atoms with Crippen LogP contribution >= 0.6 is 0 Å². The highest BCUT2D eigenvalue weighted by Gasteiger charge is 2.23. The fourth-order valence-electron chi connectivity index (χ4n) is 3.68. The van der Waals surface area contributed by atoms with Gasteiger partial charge < -0.3 is 34.1 Å². The molecule has 33 heavy (non-hydrogen) atoms. The maximum absolute atomic E-state index is 12.8. The Balaban J connectivity index is 1.72. The Morgan fingerprint density at radius 2 is 1.64 bits per heavy atom. The van der Waals surface area contributed by atoms with Crippen LogP contribution in [0.15, 0.2) is 30.3 Å². The molecule has 2 aromatic carbocycles. The van der Waals surface area contributed by atoms with E-state index < -0.39 is 11.9 Å². The summed E-state index contributed by atoms with van der Waals surface area (Å²) in [5.74, 6) is 0.813. The van der Waals surface area contributed by atoms with Crippen LogP contribution in [0.3, 0.4) is 0 Å². The average Bonchev–Trinajstić information content (AvgIpc) is 3.06. The molecule has 178 valence electrons. The molecule has 1 aliphatic heterocycles. The molecule has 0 amide bonds. The van der Waals surface area contributed by atoms with E-state index in [2.05, 4.69) is 5.32 Å². The average molecular weight is 459 g/mol. The molecule has 2 aromatic rings. The Labute approximate surface area is 192 Å². The zero-order chi connectivity index (χ0) is 23.8. The second kappa shape index (κ2) is 11.3. The van der Waals surface area contributed by atoms with Gasteiger partial charge in [-0.2, -0.15) is 0 Å². The number of carboxylic acids is 1. The van der Waals surface area contributed by atoms with Gasteiger partial charge in [0, 0.05) is 30.5 Å². The molecule has 0 fully saturated rings. The Morgan fingerprint density at radius 1 is 0.970 bits per heavy atom. The van der Waals surface area contributed by atoms with Gasteiger partial charge in [-0.25, -0.2) is 0 Å². The van der Waals surface area contributed by atoms with Gasteiger partial charge in [-0.3, -0.25) is 9.59 Å². The van der Waals surface area contributed by atoms with E-state index in [0.717, 1.165) is 12.1 Å². The molecule has 0 aromatic heterocycles. The minimum Gasteiger partial charge on any atom is -0.493 e. The minimum atomic E-state index is -1.00. The summed E-state index contributed by atoms with van der Waals surface area (Å²) in [5.41, 5.74) is 1.34. The Kier molecular flexibility index (Phi) is 8.23. The van der Waals surface area contributed by atoms with Crippen molar-refractivity contribution in [3.8, 4) is 28.7 Å². The zero-order valence-electron chi connectivity index (χ0n) is 19.0. The van der Waals surface area contributed by atoms with Crippen LogP contribution in [0.2, 0.25) is 0 Å². The van der Waals surface area contributed by atoms with Crippen LogP contribution in [0.1, 0.15) is 30.7 Å². The van der Waals surface area contributed by atoms with E-state index in [9.17, 15) is 14.7 Å². The molecular formula is C24H29NO8. The van der Waals surface area contributed by atoms with Gasteiger partial charge in [-0.05, 0) is 29.8 Å². The number of methoxy groups -OCH3 is 3. The molecule has 0 aliphatic carbocycles. The molecule has 9 heteroatoms. The highest BCUT2D eigenvalue weighted by atomic mass is 16.5. The van der Waals surface area contributed by atoms with Gasteiger partial charge >= 0.3 is 5.97 Å². The van der Waals surface area contributed by atoms with Gasteiger partial charge in [0.25, 0.3) is 0 Å². The summed E-state index contributed by atoms with van der Waals surface area (Å²) in [7, 11) is 4.46. The Morgan fingerprint density at radius 3 is 2.24 bits per heavy atom. The fourth-order valence-corrected chi connectivity index (χ4v) is 3.68. The number of ether oxygens (including phenoxy) is 5. The van der Waals surface area contributed by atoms with Gasteiger partial charge in [0.05, 0.1) is 47.5 Å². The fraction of sp³-hybridized carbons (Fsp3) is 0.417. The summed E-state index contributed by atoms with van der Waals surface area (Å²) in [6.45, 7) is 1.21. The third-order valence-corrected chi connectivity index (χ3v) is 5.29. The maximum Gasteiger partial charge on any atom is 0.303 e. The van der Waals surface area contributed by atoms with E-state index in [0.29, 0.717) is 47.5 Å². The first-order chi connectivity index (χ1) is 15.9. The third kappa shape index (κ3) is 6.21. The number of nitrogens with one attached hydrogen (secondary N) is 1. The summed E-state index contributed by atoms with van der Waals surface area (Å²) in [5, 5.41) is 12.5. The van der Waals surface area contributed by atoms with Crippen molar-refractivity contribution in [2.45, 2.75) is 25.2 Å². The van der Waals surface area contributed by atoms with E-state index in [1.807, 2.05) is 6.07 Å². The van der Waals surface area contributed by atoms with Crippen molar-refractivity contribution in [3.63, 3.8) is 0 Å². The summed E-state index contributed by atoms with van der Waals surface area (Å²) >= 11 is 0. The number of aliphatic carboxylic acids is 1. The van der Waals surface area contributed by atoms with Crippen LogP contribution < -0.4 is 29.0 Å². The Hall–Kier alpha value is -3.62. The number of fused-ring (bicyclic) bond motifs is 1. The van der Waals surface area contributed by atoms with Crippen molar-refractivity contribution >= 4 is 17.4 Å². The van der Waals surface area contributed by atoms with Gasteiger partial charge in [-0.1, -0.05) is 0 Å². The molecule has 3 rings (SSSR count). The lowest BCUT2D eigenvalue weighted by Gasteiger charge is -2.19. The molecule has 1 atom stereocenters. The molecule has 0 spiro atoms. The van der Waals surface area contributed by atoms with Crippen molar-refractivity contribution in [1.29, 1.82) is 0 Å². The van der Waals surface area contributed by atoms with Crippen LogP contribution in [-0.4, -0.2) is 57.9 Å². The number of carboxylic acid groups (broad SMARTS) is 1. The second-order valence-electron chi connectivity index (χ2n) is 7.56. The summed E-state index contributed by atoms with van der Waals surface area (Å²) in [4.78, 5) is 24.3. The van der Waals surface area contributed by atoms with Crippen LogP contribution in [0.4, 0.5) is 5.69 Å². The Bertz CT molecular complexity index is 965. The molecular weight excluding hydrogens is 430 g/mol. The number of ketones is 1. The lowest BCUT2D eigenvalue weighted by atomic mass is 9.90. The predicted octanol–water partition coefficient (Wildman–Crippen LogP) is 3.50. The predicted molar refractivity (Wildman–Crippen MR) is 121 cm³/mol. The van der Waals surface area contributed by atoms with Gasteiger partial charge in [0.1, 0.15) is 0 Å². The smallest absolute Gasteiger partial charge is 0.303 e. The molecule has 0 radical (unpaired) electrons. The SMILES string of the molecule is COc1cc([C@H](CC(=O)O)CC(=O)CNc2ccc3c(c2)OCCCO3)cc(OC)c1OC. The first-order valence-corrected chi connectivity index (χ1v) is 10.6. The quantitative estimate of drug-likeness (QED) is 0.521. The summed E-state index contributed by atoms with van der Waals surface area (Å²) < 4.78 is 27.4. The van der Waals surface area contributed by atoms with Crippen molar-refractivity contribution in [2.24, 2.45) is 0 Å². The highest BCUT2D eigenvalue weighted by molar-refractivity contribution is 5.84. The number of carbonyl (C=O) groups is 2. The molecule has 1 heterocycles. The largest absolute Gasteiger partial charge is 0.493 e. The molecule has 2 N–H and O–H groups in total. The van der Waals surface area contributed by atoms with Crippen molar-refractivity contribution in [1.82, 2.24) is 0 Å². The van der Waals surface area contributed by atoms with E-state index in [1.165, 1.54) is 21.3 Å². The molecule has 0 saturated carbocycles. The zero-order valence-corrected chi connectivity index (χ0v) is 19.0. The number of carbonyl (C=O) groups excluding carboxylic acids is 1. The molecule has 9 nitrogen and oxygen atoms in total. The van der Waals surface area contributed by atoms with Gasteiger partial charge in [0.2, 0.25) is 5.75 Å². The van der Waals surface area contributed by atoms with E-state index in [4.69, 9.17) is 23.7 Å². The van der Waals surface area contributed by atoms with E-state index >= 15 is 0 Å². The number of hydrogen-bond donors (Lipinski definition) is 2. The highest BCUT2D eigenvalue weighted by Crippen LogP contribution is 2.41. The van der Waals surface area contributed by atoms with Crippen LogP contribution in [0.5, 0.6) is 28.7 Å². The molecule has 0 bridgehead atoms. The van der Waals surface area contributed by atoms with Gasteiger partial charge in [0.15, 0.2) is 28.8 Å². The number of Topliss-reactive ketones (excluding diaryl/α,β-unsaturated/α-hetero) is 1. The van der Waals surface area contributed by atoms with E-state index in [1.54, 1.807) is 24.3 Å². The number of benzene rings is 2. The molecule has 0 saturated heterocycles. The number of hydrogen-bond acceptors (Lipinski definition) is 8. The topological polar surface area (TPSA) is 113 Å². The molecule has 0 unspecified atom stereocenters. The number of rotatable bonds is 11. The molecule has 1 aliphatic rings. The van der Waals surface area contributed by atoms with Crippen molar-refractivity contribution in [3.05, 3.63) is 35.9 Å². The second-order valence-corrected chi connectivity index (χ2v) is 7.56.